The van der Waals surface area contributed by atoms with Gasteiger partial charge in [0.15, 0.2) is 5.78 Å². The average molecular weight is 337 g/mol. The van der Waals surface area contributed by atoms with E-state index in [9.17, 15) is 9.18 Å². The normalized spacial score (nSPS) is 10.7. The molecule has 0 saturated heterocycles. The maximum Gasteiger partial charge on any atom is 0.193 e. The van der Waals surface area contributed by atoms with Crippen molar-refractivity contribution in [2.24, 2.45) is 0 Å². The number of ketones is 1. The van der Waals surface area contributed by atoms with Crippen LogP contribution in [0.25, 0.3) is 0 Å². The summed E-state index contributed by atoms with van der Waals surface area (Å²) in [4.78, 5) is 12.3. The standard InChI is InChI=1S/C16H14BrFO2/c1-10(2)20-15-5-3-4-11(8-15)16(19)12-6-13(17)9-14(18)7-12/h3-10H,1-2H3. The molecule has 2 aromatic rings. The minimum Gasteiger partial charge on any atom is -0.491 e. The first-order chi connectivity index (χ1) is 9.45. The quantitative estimate of drug-likeness (QED) is 0.762. The van der Waals surface area contributed by atoms with Crippen LogP contribution in [0.3, 0.4) is 0 Å². The van der Waals surface area contributed by atoms with Crippen molar-refractivity contribution in [1.29, 1.82) is 0 Å². The predicted octanol–water partition coefficient (Wildman–Crippen LogP) is 4.61. The first-order valence-electron chi connectivity index (χ1n) is 6.23. The molecular weight excluding hydrogens is 323 g/mol. The fraction of sp³-hybridized carbons (Fsp3) is 0.188. The minimum atomic E-state index is -0.447. The molecule has 0 aliphatic rings. The Hall–Kier alpha value is -1.68. The molecule has 0 aliphatic carbocycles. The summed E-state index contributed by atoms with van der Waals surface area (Å²) < 4.78 is 19.4. The Morgan fingerprint density at radius 2 is 1.90 bits per heavy atom. The van der Waals surface area contributed by atoms with E-state index in [4.69, 9.17) is 4.74 Å². The van der Waals surface area contributed by atoms with Crippen molar-refractivity contribution in [2.75, 3.05) is 0 Å². The molecular formula is C16H14BrFO2. The SMILES string of the molecule is CC(C)Oc1cccc(C(=O)c2cc(F)cc(Br)c2)c1. The molecule has 0 heterocycles. The van der Waals surface area contributed by atoms with E-state index in [0.29, 0.717) is 21.3 Å². The molecule has 0 radical (unpaired) electrons. The number of ether oxygens (including phenoxy) is 1. The lowest BCUT2D eigenvalue weighted by Crippen LogP contribution is -2.07. The van der Waals surface area contributed by atoms with Gasteiger partial charge in [-0.05, 0) is 44.2 Å². The molecule has 0 atom stereocenters. The summed E-state index contributed by atoms with van der Waals surface area (Å²) in [5.41, 5.74) is 0.777. The van der Waals surface area contributed by atoms with Gasteiger partial charge in [-0.15, -0.1) is 0 Å². The van der Waals surface area contributed by atoms with Gasteiger partial charge < -0.3 is 4.74 Å². The maximum atomic E-state index is 13.3. The molecule has 0 saturated carbocycles. The summed E-state index contributed by atoms with van der Waals surface area (Å²) in [5.74, 6) is -0.0574. The monoisotopic (exact) mass is 336 g/mol. The summed E-state index contributed by atoms with van der Waals surface area (Å²) in [6.07, 6.45) is 0.0312. The number of benzene rings is 2. The Morgan fingerprint density at radius 3 is 2.55 bits per heavy atom. The Balaban J connectivity index is 2.33. The van der Waals surface area contributed by atoms with Gasteiger partial charge in [-0.1, -0.05) is 28.1 Å². The van der Waals surface area contributed by atoms with Gasteiger partial charge in [0, 0.05) is 15.6 Å². The van der Waals surface area contributed by atoms with Crippen molar-refractivity contribution >= 4 is 21.7 Å². The fourth-order valence-corrected chi connectivity index (χ4v) is 2.30. The molecule has 4 heteroatoms. The van der Waals surface area contributed by atoms with E-state index in [1.54, 1.807) is 30.3 Å². The smallest absolute Gasteiger partial charge is 0.193 e. The van der Waals surface area contributed by atoms with Gasteiger partial charge in [-0.25, -0.2) is 4.39 Å². The van der Waals surface area contributed by atoms with Gasteiger partial charge >= 0.3 is 0 Å². The largest absolute Gasteiger partial charge is 0.491 e. The van der Waals surface area contributed by atoms with E-state index in [1.807, 2.05) is 13.8 Å². The van der Waals surface area contributed by atoms with Crippen molar-refractivity contribution in [2.45, 2.75) is 20.0 Å². The van der Waals surface area contributed by atoms with Gasteiger partial charge in [0.05, 0.1) is 6.10 Å². The van der Waals surface area contributed by atoms with E-state index in [2.05, 4.69) is 15.9 Å². The van der Waals surface area contributed by atoms with Gasteiger partial charge in [-0.2, -0.15) is 0 Å². The van der Waals surface area contributed by atoms with Gasteiger partial charge in [0.2, 0.25) is 0 Å². The summed E-state index contributed by atoms with van der Waals surface area (Å²) in [6.45, 7) is 3.83. The fourth-order valence-electron chi connectivity index (χ4n) is 1.83. The number of hydrogen-bond donors (Lipinski definition) is 0. The zero-order chi connectivity index (χ0) is 14.7. The molecule has 0 unspecified atom stereocenters. The molecule has 0 N–H and O–H groups in total. The molecule has 0 aromatic heterocycles. The zero-order valence-corrected chi connectivity index (χ0v) is 12.8. The van der Waals surface area contributed by atoms with Crippen LogP contribution in [0.1, 0.15) is 29.8 Å². The first kappa shape index (κ1) is 14.7. The number of halogens is 2. The summed E-state index contributed by atoms with van der Waals surface area (Å²) >= 11 is 3.18. The Bertz CT molecular complexity index is 618. The van der Waals surface area contributed by atoms with Crippen LogP contribution < -0.4 is 4.74 Å². The Labute approximate surface area is 125 Å². The second kappa shape index (κ2) is 6.18. The van der Waals surface area contributed by atoms with Crippen molar-refractivity contribution < 1.29 is 13.9 Å². The predicted molar refractivity (Wildman–Crippen MR) is 79.7 cm³/mol. The number of rotatable bonds is 4. The molecule has 20 heavy (non-hydrogen) atoms. The van der Waals surface area contributed by atoms with Crippen LogP contribution in [0.4, 0.5) is 4.39 Å². The van der Waals surface area contributed by atoms with Crippen molar-refractivity contribution in [3.05, 3.63) is 63.9 Å². The van der Waals surface area contributed by atoms with Crippen LogP contribution in [0.5, 0.6) is 5.75 Å². The highest BCUT2D eigenvalue weighted by molar-refractivity contribution is 9.10. The van der Waals surface area contributed by atoms with Gasteiger partial charge in [0.25, 0.3) is 0 Å². The minimum absolute atomic E-state index is 0.0312. The van der Waals surface area contributed by atoms with Crippen LogP contribution >= 0.6 is 15.9 Å². The molecule has 0 fully saturated rings. The van der Waals surface area contributed by atoms with Crippen LogP contribution in [-0.2, 0) is 0 Å². The summed E-state index contributed by atoms with van der Waals surface area (Å²) in [6, 6.07) is 11.0. The number of hydrogen-bond acceptors (Lipinski definition) is 2. The van der Waals surface area contributed by atoms with Crippen LogP contribution in [-0.4, -0.2) is 11.9 Å². The highest BCUT2D eigenvalue weighted by Crippen LogP contribution is 2.21. The number of carbonyl (C=O) groups excluding carboxylic acids is 1. The molecule has 0 spiro atoms. The lowest BCUT2D eigenvalue weighted by molar-refractivity contribution is 0.103. The lowest BCUT2D eigenvalue weighted by Gasteiger charge is -2.10. The second-order valence-corrected chi connectivity index (χ2v) is 5.60. The highest BCUT2D eigenvalue weighted by atomic mass is 79.9. The van der Waals surface area contributed by atoms with Gasteiger partial charge in [-0.3, -0.25) is 4.79 Å². The first-order valence-corrected chi connectivity index (χ1v) is 7.02. The van der Waals surface area contributed by atoms with Crippen LogP contribution in [0.2, 0.25) is 0 Å². The molecule has 0 bridgehead atoms. The van der Waals surface area contributed by atoms with E-state index in [0.717, 1.165) is 0 Å². The summed E-state index contributed by atoms with van der Waals surface area (Å²) in [7, 11) is 0. The second-order valence-electron chi connectivity index (χ2n) is 4.68. The average Bonchev–Trinajstić information content (AvgIpc) is 2.36. The third-order valence-corrected chi connectivity index (χ3v) is 3.05. The van der Waals surface area contributed by atoms with E-state index in [1.165, 1.54) is 12.1 Å². The van der Waals surface area contributed by atoms with E-state index >= 15 is 0 Å². The third-order valence-electron chi connectivity index (χ3n) is 2.59. The van der Waals surface area contributed by atoms with E-state index in [-0.39, 0.29) is 11.9 Å². The number of carbonyl (C=O) groups is 1. The topological polar surface area (TPSA) is 26.3 Å². The van der Waals surface area contributed by atoms with Crippen LogP contribution in [0, 0.1) is 5.82 Å². The highest BCUT2D eigenvalue weighted by Gasteiger charge is 2.12. The van der Waals surface area contributed by atoms with Gasteiger partial charge in [0.1, 0.15) is 11.6 Å². The molecule has 0 aliphatic heterocycles. The molecule has 104 valence electrons. The Morgan fingerprint density at radius 1 is 1.15 bits per heavy atom. The molecule has 2 rings (SSSR count). The molecule has 2 nitrogen and oxygen atoms in total. The summed E-state index contributed by atoms with van der Waals surface area (Å²) in [5, 5.41) is 0. The lowest BCUT2D eigenvalue weighted by atomic mass is 10.0. The Kier molecular flexibility index (Phi) is 4.55. The zero-order valence-electron chi connectivity index (χ0n) is 11.2. The van der Waals surface area contributed by atoms with Crippen molar-refractivity contribution in [1.82, 2.24) is 0 Å². The van der Waals surface area contributed by atoms with Crippen LogP contribution in [0.15, 0.2) is 46.9 Å². The molecule has 2 aromatic carbocycles. The third kappa shape index (κ3) is 3.67. The van der Waals surface area contributed by atoms with Crippen molar-refractivity contribution in [3.8, 4) is 5.75 Å². The molecule has 0 amide bonds. The van der Waals surface area contributed by atoms with E-state index < -0.39 is 5.82 Å². The van der Waals surface area contributed by atoms with Crippen molar-refractivity contribution in [3.63, 3.8) is 0 Å². The maximum absolute atomic E-state index is 13.3.